The van der Waals surface area contributed by atoms with E-state index in [0.717, 1.165) is 94.2 Å². The van der Waals surface area contributed by atoms with Gasteiger partial charge >= 0.3 is 0 Å². The van der Waals surface area contributed by atoms with E-state index in [9.17, 15) is 0 Å². The quantitative estimate of drug-likeness (QED) is 0.187. The van der Waals surface area contributed by atoms with Crippen LogP contribution >= 0.6 is 0 Å². The molecule has 234 valence electrons. The molecule has 5 heteroatoms. The van der Waals surface area contributed by atoms with Crippen LogP contribution in [0.3, 0.4) is 0 Å². The van der Waals surface area contributed by atoms with E-state index in [0.29, 0.717) is 5.82 Å². The second-order valence-corrected chi connectivity index (χ2v) is 12.4. The van der Waals surface area contributed by atoms with Crippen molar-refractivity contribution in [1.82, 2.24) is 15.0 Å². The van der Waals surface area contributed by atoms with Gasteiger partial charge in [0.05, 0.1) is 11.4 Å². The summed E-state index contributed by atoms with van der Waals surface area (Å²) >= 11 is 0. The first-order valence-electron chi connectivity index (χ1n) is 16.6. The van der Waals surface area contributed by atoms with Gasteiger partial charge in [0.15, 0.2) is 5.82 Å². The summed E-state index contributed by atoms with van der Waals surface area (Å²) in [7, 11) is 0. The van der Waals surface area contributed by atoms with Crippen LogP contribution in [0.4, 0.5) is 0 Å². The van der Waals surface area contributed by atoms with E-state index >= 15 is 0 Å². The minimum absolute atomic E-state index is 0.647. The molecule has 0 spiro atoms. The Hall–Kier alpha value is -6.85. The second kappa shape index (κ2) is 11.4. The standard InChI is InChI=1S/C45H27N3O2/c1-2-8-30(9-3-1)38-27-39(48-45(47-38)31-16-14-28(15-17-31)29-22-24-46-25-23-29)35-20-19-33(43-36-11-5-7-13-41(36)50-44(35)43)32-18-21-42-37(26-32)34-10-4-6-12-40(34)49-42/h1-27H. The summed E-state index contributed by atoms with van der Waals surface area (Å²) in [6.45, 7) is 0. The van der Waals surface area contributed by atoms with Gasteiger partial charge in [0.2, 0.25) is 0 Å². The number of nitrogens with zero attached hydrogens (tertiary/aromatic N) is 3. The lowest BCUT2D eigenvalue weighted by Crippen LogP contribution is -1.96. The normalized spacial score (nSPS) is 11.6. The molecule has 0 saturated heterocycles. The highest BCUT2D eigenvalue weighted by molar-refractivity contribution is 6.17. The largest absolute Gasteiger partial charge is 0.456 e. The molecular formula is C45H27N3O2. The third kappa shape index (κ3) is 4.67. The van der Waals surface area contributed by atoms with Crippen molar-refractivity contribution in [2.45, 2.75) is 0 Å². The Morgan fingerprint density at radius 3 is 1.82 bits per heavy atom. The number of pyridine rings is 1. The van der Waals surface area contributed by atoms with E-state index in [1.54, 1.807) is 0 Å². The summed E-state index contributed by atoms with van der Waals surface area (Å²) in [5.41, 5.74) is 12.3. The van der Waals surface area contributed by atoms with Crippen LogP contribution in [0.15, 0.2) is 173 Å². The van der Waals surface area contributed by atoms with Gasteiger partial charge in [-0.1, -0.05) is 103 Å². The van der Waals surface area contributed by atoms with Gasteiger partial charge in [0.25, 0.3) is 0 Å². The minimum atomic E-state index is 0.647. The lowest BCUT2D eigenvalue weighted by molar-refractivity contribution is 0.669. The first-order valence-corrected chi connectivity index (χ1v) is 16.6. The van der Waals surface area contributed by atoms with E-state index in [2.05, 4.69) is 102 Å². The predicted octanol–water partition coefficient (Wildman–Crippen LogP) is 12.0. The van der Waals surface area contributed by atoms with Gasteiger partial charge in [0, 0.05) is 50.6 Å². The molecule has 10 rings (SSSR count). The van der Waals surface area contributed by atoms with Gasteiger partial charge in [0.1, 0.15) is 22.3 Å². The van der Waals surface area contributed by atoms with Crippen molar-refractivity contribution >= 4 is 43.9 Å². The second-order valence-electron chi connectivity index (χ2n) is 12.4. The van der Waals surface area contributed by atoms with Crippen molar-refractivity contribution in [3.05, 3.63) is 164 Å². The van der Waals surface area contributed by atoms with Crippen LogP contribution in [-0.2, 0) is 0 Å². The SMILES string of the molecule is c1ccc(-c2cc(-c3ccc(-c4ccc5oc6ccccc6c5c4)c4c3oc3ccccc34)nc(-c3ccc(-c4ccncc4)cc3)n2)cc1. The monoisotopic (exact) mass is 641 g/mol. The first-order chi connectivity index (χ1) is 24.8. The molecule has 4 aromatic heterocycles. The van der Waals surface area contributed by atoms with Gasteiger partial charge in [-0.05, 0) is 70.8 Å². The fourth-order valence-electron chi connectivity index (χ4n) is 6.99. The summed E-state index contributed by atoms with van der Waals surface area (Å²) in [6, 6.07) is 51.9. The number of para-hydroxylation sites is 2. The van der Waals surface area contributed by atoms with E-state index in [-0.39, 0.29) is 0 Å². The average Bonchev–Trinajstić information content (AvgIpc) is 3.77. The molecular weight excluding hydrogens is 615 g/mol. The van der Waals surface area contributed by atoms with Crippen molar-refractivity contribution in [3.63, 3.8) is 0 Å². The highest BCUT2D eigenvalue weighted by Crippen LogP contribution is 2.43. The summed E-state index contributed by atoms with van der Waals surface area (Å²) < 4.78 is 12.9. The van der Waals surface area contributed by atoms with Crippen LogP contribution in [0.2, 0.25) is 0 Å². The summed E-state index contributed by atoms with van der Waals surface area (Å²) in [5, 5.41) is 4.30. The van der Waals surface area contributed by atoms with E-state index in [1.165, 1.54) is 0 Å². The van der Waals surface area contributed by atoms with Crippen LogP contribution in [0.5, 0.6) is 0 Å². The summed E-state index contributed by atoms with van der Waals surface area (Å²) in [4.78, 5) is 14.4. The third-order valence-corrected chi connectivity index (χ3v) is 9.44. The Morgan fingerprint density at radius 2 is 1.00 bits per heavy atom. The van der Waals surface area contributed by atoms with Crippen LogP contribution in [0.25, 0.3) is 100 Å². The van der Waals surface area contributed by atoms with E-state index < -0.39 is 0 Å². The number of rotatable bonds is 5. The van der Waals surface area contributed by atoms with Gasteiger partial charge < -0.3 is 8.83 Å². The minimum Gasteiger partial charge on any atom is -0.456 e. The number of aromatic nitrogens is 3. The molecule has 0 fully saturated rings. The lowest BCUT2D eigenvalue weighted by atomic mass is 9.95. The number of benzene rings is 6. The van der Waals surface area contributed by atoms with Crippen LogP contribution in [0.1, 0.15) is 0 Å². The molecule has 0 aliphatic heterocycles. The Morgan fingerprint density at radius 1 is 0.380 bits per heavy atom. The number of fused-ring (bicyclic) bond motifs is 6. The molecule has 10 aromatic rings. The van der Waals surface area contributed by atoms with Crippen molar-refractivity contribution in [3.8, 4) is 56.2 Å². The van der Waals surface area contributed by atoms with E-state index in [4.69, 9.17) is 18.8 Å². The Labute approximate surface area is 287 Å². The van der Waals surface area contributed by atoms with Crippen molar-refractivity contribution in [2.24, 2.45) is 0 Å². The predicted molar refractivity (Wildman–Crippen MR) is 202 cm³/mol. The zero-order valence-electron chi connectivity index (χ0n) is 26.7. The maximum absolute atomic E-state index is 6.71. The van der Waals surface area contributed by atoms with Gasteiger partial charge in [-0.15, -0.1) is 0 Å². The Kier molecular flexibility index (Phi) is 6.42. The van der Waals surface area contributed by atoms with Crippen LogP contribution in [-0.4, -0.2) is 15.0 Å². The molecule has 4 heterocycles. The molecule has 5 nitrogen and oxygen atoms in total. The zero-order valence-corrected chi connectivity index (χ0v) is 26.7. The molecule has 0 amide bonds. The molecule has 0 aliphatic carbocycles. The zero-order chi connectivity index (χ0) is 33.0. The van der Waals surface area contributed by atoms with Crippen LogP contribution < -0.4 is 0 Å². The molecule has 0 aliphatic rings. The molecule has 0 unspecified atom stereocenters. The smallest absolute Gasteiger partial charge is 0.160 e. The molecule has 0 N–H and O–H groups in total. The maximum Gasteiger partial charge on any atom is 0.160 e. The number of furan rings is 2. The van der Waals surface area contributed by atoms with Crippen molar-refractivity contribution in [2.75, 3.05) is 0 Å². The number of hydrogen-bond acceptors (Lipinski definition) is 5. The first kappa shape index (κ1) is 28.2. The average molecular weight is 642 g/mol. The van der Waals surface area contributed by atoms with Gasteiger partial charge in [-0.3, -0.25) is 4.98 Å². The van der Waals surface area contributed by atoms with Gasteiger partial charge in [-0.25, -0.2) is 9.97 Å². The summed E-state index contributed by atoms with van der Waals surface area (Å²) in [6.07, 6.45) is 3.62. The Bertz CT molecular complexity index is 2850. The third-order valence-electron chi connectivity index (χ3n) is 9.44. The lowest BCUT2D eigenvalue weighted by Gasteiger charge is -2.12. The molecule has 0 radical (unpaired) electrons. The van der Waals surface area contributed by atoms with Crippen molar-refractivity contribution < 1.29 is 8.83 Å². The molecule has 0 saturated carbocycles. The van der Waals surface area contributed by atoms with Crippen LogP contribution in [0, 0.1) is 0 Å². The number of hydrogen-bond donors (Lipinski definition) is 0. The fraction of sp³-hybridized carbons (Fsp3) is 0. The van der Waals surface area contributed by atoms with E-state index in [1.807, 2.05) is 67.0 Å². The topological polar surface area (TPSA) is 65.0 Å². The highest BCUT2D eigenvalue weighted by Gasteiger charge is 2.20. The molecule has 0 bridgehead atoms. The molecule has 50 heavy (non-hydrogen) atoms. The molecule has 6 aromatic carbocycles. The molecule has 0 atom stereocenters. The summed E-state index contributed by atoms with van der Waals surface area (Å²) in [5.74, 6) is 0.647. The maximum atomic E-state index is 6.71. The van der Waals surface area contributed by atoms with Gasteiger partial charge in [-0.2, -0.15) is 0 Å². The highest BCUT2D eigenvalue weighted by atomic mass is 16.3. The Balaban J connectivity index is 1.18. The van der Waals surface area contributed by atoms with Crippen molar-refractivity contribution in [1.29, 1.82) is 0 Å². The fourth-order valence-corrected chi connectivity index (χ4v) is 6.99.